The molecule has 0 radical (unpaired) electrons. The van der Waals surface area contributed by atoms with E-state index in [1.54, 1.807) is 36.9 Å². The van der Waals surface area contributed by atoms with Crippen molar-refractivity contribution >= 4 is 6.09 Å². The predicted octanol–water partition coefficient (Wildman–Crippen LogP) is 2.93. The van der Waals surface area contributed by atoms with Crippen molar-refractivity contribution < 1.29 is 13.9 Å². The Morgan fingerprint density at radius 3 is 2.56 bits per heavy atom. The zero-order chi connectivity index (χ0) is 18.6. The molecule has 0 spiro atoms. The molecule has 3 aromatic rings. The average molecular weight is 360 g/mol. The Morgan fingerprint density at radius 1 is 0.963 bits per heavy atom. The van der Waals surface area contributed by atoms with Crippen LogP contribution in [0, 0.1) is 17.7 Å². The number of aromatic nitrogens is 3. The Morgan fingerprint density at radius 2 is 1.74 bits per heavy atom. The van der Waals surface area contributed by atoms with Gasteiger partial charge in [-0.05, 0) is 29.3 Å². The molecule has 0 aliphatic carbocycles. The highest BCUT2D eigenvalue weighted by Crippen LogP contribution is 2.36. The molecule has 0 saturated carbocycles. The van der Waals surface area contributed by atoms with E-state index in [4.69, 9.17) is 4.74 Å². The highest BCUT2D eigenvalue weighted by molar-refractivity contribution is 5.71. The lowest BCUT2D eigenvalue weighted by atomic mass is 9.97. The summed E-state index contributed by atoms with van der Waals surface area (Å²) in [5.74, 6) is 5.56. The first-order chi connectivity index (χ1) is 13.2. The normalized spacial score (nSPS) is 18.2. The maximum Gasteiger partial charge on any atom is 0.408 e. The summed E-state index contributed by atoms with van der Waals surface area (Å²) in [6, 6.07) is 7.31. The lowest BCUT2D eigenvalue weighted by molar-refractivity contribution is 0.132. The summed E-state index contributed by atoms with van der Waals surface area (Å²) in [6.45, 7) is 0. The van der Waals surface area contributed by atoms with E-state index in [-0.39, 0.29) is 0 Å². The number of ether oxygens (including phenoxy) is 1. The number of rotatable bonds is 2. The van der Waals surface area contributed by atoms with Crippen molar-refractivity contribution in [3.8, 4) is 11.8 Å². The van der Waals surface area contributed by atoms with Gasteiger partial charge in [-0.25, -0.2) is 19.2 Å². The maximum absolute atomic E-state index is 13.6. The van der Waals surface area contributed by atoms with Gasteiger partial charge in [0.2, 0.25) is 0 Å². The molecule has 27 heavy (non-hydrogen) atoms. The zero-order valence-electron chi connectivity index (χ0n) is 14.0. The van der Waals surface area contributed by atoms with E-state index >= 15 is 0 Å². The van der Waals surface area contributed by atoms with E-state index in [1.165, 1.54) is 18.5 Å². The van der Waals surface area contributed by atoms with Crippen LogP contribution in [0.3, 0.4) is 0 Å². The van der Waals surface area contributed by atoms with Crippen LogP contribution in [0.5, 0.6) is 0 Å². The van der Waals surface area contributed by atoms with E-state index in [1.807, 2.05) is 6.07 Å². The predicted molar refractivity (Wildman–Crippen MR) is 93.7 cm³/mol. The molecule has 3 heterocycles. The van der Waals surface area contributed by atoms with Gasteiger partial charge >= 0.3 is 6.09 Å². The SMILES string of the molecule is O=C1NC(c2cncc(C#Cc3cncnc3)c2)C(c2cccc(F)c2)O1. The summed E-state index contributed by atoms with van der Waals surface area (Å²) >= 11 is 0. The van der Waals surface area contributed by atoms with Gasteiger partial charge in [0.25, 0.3) is 0 Å². The van der Waals surface area contributed by atoms with Gasteiger partial charge in [0, 0.05) is 30.4 Å². The van der Waals surface area contributed by atoms with Crippen LogP contribution in [-0.4, -0.2) is 21.0 Å². The van der Waals surface area contributed by atoms with Gasteiger partial charge in [-0.2, -0.15) is 0 Å². The van der Waals surface area contributed by atoms with Gasteiger partial charge in [0.1, 0.15) is 18.2 Å². The van der Waals surface area contributed by atoms with Crippen molar-refractivity contribution in [2.45, 2.75) is 12.1 Å². The fourth-order valence-corrected chi connectivity index (χ4v) is 2.83. The van der Waals surface area contributed by atoms with Crippen LogP contribution in [0.15, 0.2) is 61.4 Å². The molecular weight excluding hydrogens is 347 g/mol. The maximum atomic E-state index is 13.6. The third kappa shape index (κ3) is 3.75. The highest BCUT2D eigenvalue weighted by Gasteiger charge is 2.36. The van der Waals surface area contributed by atoms with Gasteiger partial charge in [-0.3, -0.25) is 4.98 Å². The van der Waals surface area contributed by atoms with E-state index < -0.39 is 24.1 Å². The Hall–Kier alpha value is -3.79. The number of benzene rings is 1. The molecule has 1 N–H and O–H groups in total. The number of alkyl carbamates (subject to hydrolysis) is 1. The zero-order valence-corrected chi connectivity index (χ0v) is 14.0. The second-order valence-corrected chi connectivity index (χ2v) is 5.89. The Balaban J connectivity index is 1.64. The molecule has 2 unspecified atom stereocenters. The number of nitrogens with zero attached hydrogens (tertiary/aromatic N) is 3. The highest BCUT2D eigenvalue weighted by atomic mass is 19.1. The van der Waals surface area contributed by atoms with Crippen molar-refractivity contribution in [1.82, 2.24) is 20.3 Å². The first-order valence-electron chi connectivity index (χ1n) is 8.13. The largest absolute Gasteiger partial charge is 0.439 e. The number of halogens is 1. The first kappa shape index (κ1) is 16.7. The van der Waals surface area contributed by atoms with Crippen LogP contribution >= 0.6 is 0 Å². The number of cyclic esters (lactones) is 1. The van der Waals surface area contributed by atoms with Gasteiger partial charge in [0.15, 0.2) is 6.10 Å². The lowest BCUT2D eigenvalue weighted by Crippen LogP contribution is -2.19. The molecule has 132 valence electrons. The number of hydrogen-bond donors (Lipinski definition) is 1. The Labute approximate surface area is 154 Å². The molecule has 1 aromatic carbocycles. The van der Waals surface area contributed by atoms with Gasteiger partial charge in [0.05, 0.1) is 5.56 Å². The molecule has 0 bridgehead atoms. The number of carbonyl (C=O) groups is 1. The lowest BCUT2D eigenvalue weighted by Gasteiger charge is -2.17. The summed E-state index contributed by atoms with van der Waals surface area (Å²) in [5, 5.41) is 2.75. The smallest absolute Gasteiger partial charge is 0.408 e. The van der Waals surface area contributed by atoms with Crippen LogP contribution in [0.1, 0.15) is 34.4 Å². The molecular formula is C20H13FN4O2. The third-order valence-electron chi connectivity index (χ3n) is 4.02. The van der Waals surface area contributed by atoms with Crippen LogP contribution in [0.2, 0.25) is 0 Å². The first-order valence-corrected chi connectivity index (χ1v) is 8.13. The number of nitrogens with one attached hydrogen (secondary N) is 1. The molecule has 2 atom stereocenters. The molecule has 6 nitrogen and oxygen atoms in total. The second-order valence-electron chi connectivity index (χ2n) is 5.89. The van der Waals surface area contributed by atoms with Crippen molar-refractivity contribution in [3.63, 3.8) is 0 Å². The van der Waals surface area contributed by atoms with Gasteiger partial charge in [-0.1, -0.05) is 24.0 Å². The van der Waals surface area contributed by atoms with E-state index in [0.717, 1.165) is 0 Å². The quantitative estimate of drug-likeness (QED) is 0.711. The van der Waals surface area contributed by atoms with Gasteiger partial charge in [-0.15, -0.1) is 0 Å². The number of amides is 1. The standard InChI is InChI=1S/C20H13FN4O2/c21-17-3-1-2-15(7-17)19-18(25-20(26)27-19)16-6-13(8-22-11-16)4-5-14-9-23-12-24-10-14/h1-3,6-12,18-19H,(H,25,26). The number of hydrogen-bond acceptors (Lipinski definition) is 5. The molecule has 2 aromatic heterocycles. The van der Waals surface area contributed by atoms with Crippen LogP contribution in [0.25, 0.3) is 0 Å². The topological polar surface area (TPSA) is 77.0 Å². The van der Waals surface area contributed by atoms with Crippen LogP contribution < -0.4 is 5.32 Å². The van der Waals surface area contributed by atoms with Crippen LogP contribution in [-0.2, 0) is 4.74 Å². The van der Waals surface area contributed by atoms with Crippen molar-refractivity contribution in [2.24, 2.45) is 0 Å². The Bertz CT molecular complexity index is 1050. The summed E-state index contributed by atoms with van der Waals surface area (Å²) in [4.78, 5) is 23.8. The van der Waals surface area contributed by atoms with Crippen molar-refractivity contribution in [3.05, 3.63) is 89.5 Å². The second kappa shape index (κ2) is 7.22. The minimum absolute atomic E-state index is 0.392. The van der Waals surface area contributed by atoms with Gasteiger partial charge < -0.3 is 10.1 Å². The molecule has 1 fully saturated rings. The molecule has 1 saturated heterocycles. The fourth-order valence-electron chi connectivity index (χ4n) is 2.83. The van der Waals surface area contributed by atoms with Crippen molar-refractivity contribution in [2.75, 3.05) is 0 Å². The summed E-state index contributed by atoms with van der Waals surface area (Å²) in [7, 11) is 0. The van der Waals surface area contributed by atoms with Crippen LogP contribution in [0.4, 0.5) is 9.18 Å². The summed E-state index contributed by atoms with van der Waals surface area (Å²) in [5.41, 5.74) is 2.62. The fraction of sp³-hybridized carbons (Fsp3) is 0.100. The van der Waals surface area contributed by atoms with Crippen molar-refractivity contribution in [1.29, 1.82) is 0 Å². The Kier molecular flexibility index (Phi) is 4.45. The number of carbonyl (C=O) groups excluding carboxylic acids is 1. The molecule has 7 heteroatoms. The minimum Gasteiger partial charge on any atom is -0.439 e. The minimum atomic E-state index is -0.652. The van der Waals surface area contributed by atoms with E-state index in [0.29, 0.717) is 22.3 Å². The van der Waals surface area contributed by atoms with E-state index in [9.17, 15) is 9.18 Å². The summed E-state index contributed by atoms with van der Waals surface area (Å²) < 4.78 is 18.9. The third-order valence-corrected chi connectivity index (χ3v) is 4.02. The van der Waals surface area contributed by atoms with E-state index in [2.05, 4.69) is 32.1 Å². The molecule has 1 amide bonds. The molecule has 1 aliphatic heterocycles. The molecule has 4 rings (SSSR count). The number of pyridine rings is 1. The average Bonchev–Trinajstić information content (AvgIpc) is 3.09. The monoisotopic (exact) mass is 360 g/mol. The summed E-state index contributed by atoms with van der Waals surface area (Å²) in [6.07, 6.45) is 6.69. The molecule has 1 aliphatic rings.